The molecular weight excluding hydrogens is 322 g/mol. The van der Waals surface area contributed by atoms with Crippen LogP contribution in [-0.4, -0.2) is 16.7 Å². The van der Waals surface area contributed by atoms with Gasteiger partial charge in [0.2, 0.25) is 11.8 Å². The minimum atomic E-state index is -0.561. The molecule has 0 fully saturated rings. The number of rotatable bonds is 11. The van der Waals surface area contributed by atoms with Crippen molar-refractivity contribution in [3.05, 3.63) is 28.3 Å². The van der Waals surface area contributed by atoms with E-state index in [2.05, 4.69) is 17.6 Å². The molecule has 1 rings (SSSR count). The van der Waals surface area contributed by atoms with Crippen molar-refractivity contribution in [2.45, 2.75) is 65.2 Å². The topological polar surface area (TPSA) is 101 Å². The minimum absolute atomic E-state index is 0.149. The maximum absolute atomic E-state index is 11.9. The van der Waals surface area contributed by atoms with Crippen LogP contribution in [0.5, 0.6) is 0 Å². The van der Waals surface area contributed by atoms with E-state index < -0.39 is 4.92 Å². The zero-order valence-corrected chi connectivity index (χ0v) is 15.0. The third kappa shape index (κ3) is 7.78. The Hall–Kier alpha value is -2.44. The molecule has 0 saturated heterocycles. The molecule has 2 N–H and O–H groups in total. The lowest BCUT2D eigenvalue weighted by molar-refractivity contribution is -0.383. The first kappa shape index (κ1) is 20.6. The van der Waals surface area contributed by atoms with E-state index in [-0.39, 0.29) is 23.2 Å². The molecule has 0 aromatic heterocycles. The van der Waals surface area contributed by atoms with Crippen LogP contribution in [0.1, 0.15) is 65.2 Å². The molecule has 7 heteroatoms. The highest BCUT2D eigenvalue weighted by atomic mass is 16.6. The first-order valence-corrected chi connectivity index (χ1v) is 8.86. The maximum Gasteiger partial charge on any atom is 0.294 e. The summed E-state index contributed by atoms with van der Waals surface area (Å²) in [6.45, 7) is 4.09. The molecule has 0 aliphatic rings. The number of nitrogens with zero attached hydrogens (tertiary/aromatic N) is 1. The Morgan fingerprint density at radius 1 is 0.960 bits per heavy atom. The fourth-order valence-corrected chi connectivity index (χ4v) is 2.37. The fourth-order valence-electron chi connectivity index (χ4n) is 2.37. The van der Waals surface area contributed by atoms with Gasteiger partial charge in [-0.2, -0.15) is 0 Å². The number of anilines is 2. The number of benzene rings is 1. The SMILES string of the molecule is CCCCCC(=O)Nc1ccc(NC(=O)CCCCC)c([N+](=O)[O-])c1. The van der Waals surface area contributed by atoms with Gasteiger partial charge in [-0.3, -0.25) is 19.7 Å². The highest BCUT2D eigenvalue weighted by molar-refractivity contribution is 5.95. The Kier molecular flexibility index (Phi) is 9.21. The van der Waals surface area contributed by atoms with Crippen LogP contribution in [0.25, 0.3) is 0 Å². The summed E-state index contributed by atoms with van der Waals surface area (Å²) >= 11 is 0. The van der Waals surface area contributed by atoms with E-state index in [1.165, 1.54) is 12.1 Å². The zero-order valence-electron chi connectivity index (χ0n) is 15.0. The molecule has 1 aromatic carbocycles. The number of carbonyl (C=O) groups is 2. The van der Waals surface area contributed by atoms with Gasteiger partial charge in [-0.15, -0.1) is 0 Å². The van der Waals surface area contributed by atoms with Crippen LogP contribution >= 0.6 is 0 Å². The molecule has 1 aromatic rings. The first-order chi connectivity index (χ1) is 12.0. The molecule has 0 aliphatic carbocycles. The van der Waals surface area contributed by atoms with E-state index in [1.54, 1.807) is 6.07 Å². The van der Waals surface area contributed by atoms with E-state index >= 15 is 0 Å². The molecule has 0 radical (unpaired) electrons. The van der Waals surface area contributed by atoms with Gasteiger partial charge >= 0.3 is 0 Å². The predicted octanol–water partition coefficient (Wildman–Crippen LogP) is 4.63. The summed E-state index contributed by atoms with van der Waals surface area (Å²) in [6, 6.07) is 4.29. The summed E-state index contributed by atoms with van der Waals surface area (Å²) in [5.41, 5.74) is 0.280. The smallest absolute Gasteiger partial charge is 0.294 e. The summed E-state index contributed by atoms with van der Waals surface area (Å²) in [4.78, 5) is 34.4. The van der Waals surface area contributed by atoms with Crippen molar-refractivity contribution < 1.29 is 14.5 Å². The fraction of sp³-hybridized carbons (Fsp3) is 0.556. The molecule has 0 saturated carbocycles. The summed E-state index contributed by atoms with van der Waals surface area (Å²) in [7, 11) is 0. The third-order valence-electron chi connectivity index (χ3n) is 3.77. The second-order valence-electron chi connectivity index (χ2n) is 6.00. The van der Waals surface area contributed by atoms with Crippen LogP contribution in [0, 0.1) is 10.1 Å². The van der Waals surface area contributed by atoms with Gasteiger partial charge in [0.1, 0.15) is 5.69 Å². The standard InChI is InChI=1S/C18H27N3O4/c1-3-5-7-9-17(22)19-14-11-12-15(16(13-14)21(24)25)20-18(23)10-8-6-4-2/h11-13H,3-10H2,1-2H3,(H,19,22)(H,20,23). The Labute approximate surface area is 148 Å². The summed E-state index contributed by atoms with van der Waals surface area (Å²) in [6.07, 6.45) is 6.19. The van der Waals surface area contributed by atoms with Crippen molar-refractivity contribution in [3.8, 4) is 0 Å². The average Bonchev–Trinajstić information content (AvgIpc) is 2.56. The molecule has 7 nitrogen and oxygen atoms in total. The quantitative estimate of drug-likeness (QED) is 0.345. The Morgan fingerprint density at radius 2 is 1.52 bits per heavy atom. The summed E-state index contributed by atoms with van der Waals surface area (Å²) in [5.74, 6) is -0.410. The number of nitro benzene ring substituents is 1. The lowest BCUT2D eigenvalue weighted by atomic mass is 10.1. The molecule has 25 heavy (non-hydrogen) atoms. The van der Waals surface area contributed by atoms with Crippen LogP contribution in [0.3, 0.4) is 0 Å². The van der Waals surface area contributed by atoms with Crippen molar-refractivity contribution in [1.29, 1.82) is 0 Å². The monoisotopic (exact) mass is 349 g/mol. The number of nitrogens with one attached hydrogen (secondary N) is 2. The number of amides is 2. The van der Waals surface area contributed by atoms with Gasteiger partial charge in [0.05, 0.1) is 4.92 Å². The molecule has 0 heterocycles. The first-order valence-electron chi connectivity index (χ1n) is 8.86. The van der Waals surface area contributed by atoms with Gasteiger partial charge in [-0.05, 0) is 25.0 Å². The number of nitro groups is 1. The molecule has 0 spiro atoms. The Morgan fingerprint density at radius 3 is 2.04 bits per heavy atom. The van der Waals surface area contributed by atoms with Crippen LogP contribution < -0.4 is 10.6 Å². The lowest BCUT2D eigenvalue weighted by Gasteiger charge is -2.09. The van der Waals surface area contributed by atoms with Crippen molar-refractivity contribution >= 4 is 28.9 Å². The molecule has 2 amide bonds. The minimum Gasteiger partial charge on any atom is -0.326 e. The highest BCUT2D eigenvalue weighted by Crippen LogP contribution is 2.28. The van der Waals surface area contributed by atoms with E-state index in [0.717, 1.165) is 38.5 Å². The molecule has 0 bridgehead atoms. The maximum atomic E-state index is 11.9. The van der Waals surface area contributed by atoms with E-state index in [0.29, 0.717) is 18.5 Å². The van der Waals surface area contributed by atoms with Crippen LogP contribution in [0.2, 0.25) is 0 Å². The molecular formula is C18H27N3O4. The van der Waals surface area contributed by atoms with Crippen molar-refractivity contribution in [1.82, 2.24) is 0 Å². The van der Waals surface area contributed by atoms with Gasteiger partial charge in [-0.1, -0.05) is 39.5 Å². The van der Waals surface area contributed by atoms with Gasteiger partial charge in [0.15, 0.2) is 0 Å². The average molecular weight is 349 g/mol. The van der Waals surface area contributed by atoms with E-state index in [9.17, 15) is 19.7 Å². The van der Waals surface area contributed by atoms with Crippen LogP contribution in [-0.2, 0) is 9.59 Å². The lowest BCUT2D eigenvalue weighted by Crippen LogP contribution is -2.14. The Bertz CT molecular complexity index is 602. The highest BCUT2D eigenvalue weighted by Gasteiger charge is 2.17. The molecule has 0 aliphatic heterocycles. The Balaban J connectivity index is 2.73. The van der Waals surface area contributed by atoms with Gasteiger partial charge in [0, 0.05) is 24.6 Å². The molecule has 138 valence electrons. The number of hydrogen-bond donors (Lipinski definition) is 2. The second-order valence-corrected chi connectivity index (χ2v) is 6.00. The van der Waals surface area contributed by atoms with Gasteiger partial charge in [0.25, 0.3) is 5.69 Å². The number of carbonyl (C=O) groups excluding carboxylic acids is 2. The zero-order chi connectivity index (χ0) is 18.7. The summed E-state index contributed by atoms with van der Waals surface area (Å²) in [5, 5.41) is 16.5. The van der Waals surface area contributed by atoms with Crippen molar-refractivity contribution in [3.63, 3.8) is 0 Å². The molecule has 0 unspecified atom stereocenters. The van der Waals surface area contributed by atoms with Crippen LogP contribution in [0.15, 0.2) is 18.2 Å². The van der Waals surface area contributed by atoms with Crippen molar-refractivity contribution in [2.75, 3.05) is 10.6 Å². The predicted molar refractivity (Wildman–Crippen MR) is 98.6 cm³/mol. The second kappa shape index (κ2) is 11.2. The molecule has 0 atom stereocenters. The van der Waals surface area contributed by atoms with E-state index in [1.807, 2.05) is 6.92 Å². The summed E-state index contributed by atoms with van der Waals surface area (Å²) < 4.78 is 0. The van der Waals surface area contributed by atoms with Crippen molar-refractivity contribution in [2.24, 2.45) is 0 Å². The van der Waals surface area contributed by atoms with E-state index in [4.69, 9.17) is 0 Å². The largest absolute Gasteiger partial charge is 0.326 e. The van der Waals surface area contributed by atoms with Gasteiger partial charge in [-0.25, -0.2) is 0 Å². The van der Waals surface area contributed by atoms with Crippen LogP contribution in [0.4, 0.5) is 17.1 Å². The normalized spacial score (nSPS) is 10.3. The number of hydrogen-bond acceptors (Lipinski definition) is 4. The van der Waals surface area contributed by atoms with Gasteiger partial charge < -0.3 is 10.6 Å². The number of unbranched alkanes of at least 4 members (excludes halogenated alkanes) is 4. The third-order valence-corrected chi connectivity index (χ3v) is 3.77.